The Morgan fingerprint density at radius 2 is 2.20 bits per heavy atom. The number of hydrogen-bond donors (Lipinski definition) is 0. The van der Waals surface area contributed by atoms with Gasteiger partial charge in [-0.3, -0.25) is 0 Å². The Kier molecular flexibility index (Phi) is 4.89. The second kappa shape index (κ2) is 5.96. The summed E-state index contributed by atoms with van der Waals surface area (Å²) in [7, 11) is 0. The van der Waals surface area contributed by atoms with Gasteiger partial charge in [0.05, 0.1) is 0 Å². The lowest BCUT2D eigenvalue weighted by Gasteiger charge is -2.05. The third-order valence-corrected chi connectivity index (χ3v) is 2.44. The maximum atomic E-state index is 5.62. The molecule has 0 aliphatic carbocycles. The lowest BCUT2D eigenvalue weighted by atomic mass is 10.1. The van der Waals surface area contributed by atoms with Crippen LogP contribution in [0.4, 0.5) is 0 Å². The van der Waals surface area contributed by atoms with E-state index in [9.17, 15) is 0 Å². The fraction of sp³-hybridized carbons (Fsp3) is 0.385. The highest BCUT2D eigenvalue weighted by Gasteiger charge is 1.98. The van der Waals surface area contributed by atoms with Gasteiger partial charge in [0.15, 0.2) is 4.67 Å². The van der Waals surface area contributed by atoms with Crippen LogP contribution in [0.25, 0.3) is 0 Å². The van der Waals surface area contributed by atoms with Gasteiger partial charge in [-0.15, -0.1) is 0 Å². The zero-order chi connectivity index (χ0) is 11.3. The summed E-state index contributed by atoms with van der Waals surface area (Å²) in [6.07, 6.45) is 3.08. The maximum absolute atomic E-state index is 5.62. The van der Waals surface area contributed by atoms with Gasteiger partial charge in [-0.1, -0.05) is 26.0 Å². The van der Waals surface area contributed by atoms with Crippen LogP contribution in [0.2, 0.25) is 0 Å². The monoisotopic (exact) mass is 268 g/mol. The van der Waals surface area contributed by atoms with Crippen molar-refractivity contribution in [1.29, 1.82) is 0 Å². The van der Waals surface area contributed by atoms with Crippen molar-refractivity contribution in [3.8, 4) is 5.75 Å². The molecule has 2 heteroatoms. The summed E-state index contributed by atoms with van der Waals surface area (Å²) in [5, 5.41) is 0. The minimum Gasteiger partial charge on any atom is -0.450 e. The Hall–Kier alpha value is -0.760. The molecule has 0 aliphatic heterocycles. The quantitative estimate of drug-likeness (QED) is 0.722. The van der Waals surface area contributed by atoms with E-state index in [-0.39, 0.29) is 0 Å². The van der Waals surface area contributed by atoms with E-state index in [1.165, 1.54) is 5.56 Å². The highest BCUT2D eigenvalue weighted by atomic mass is 79.9. The zero-order valence-corrected chi connectivity index (χ0v) is 11.0. The number of rotatable bonds is 4. The molecule has 0 fully saturated rings. The molecule has 0 aromatic heterocycles. The second-order valence-corrected chi connectivity index (χ2v) is 4.84. The first-order valence-corrected chi connectivity index (χ1v) is 5.97. The molecule has 15 heavy (non-hydrogen) atoms. The van der Waals surface area contributed by atoms with Crippen molar-refractivity contribution in [3.63, 3.8) is 0 Å². The van der Waals surface area contributed by atoms with Gasteiger partial charge in [-0.2, -0.15) is 0 Å². The summed E-state index contributed by atoms with van der Waals surface area (Å²) in [6.45, 7) is 6.42. The van der Waals surface area contributed by atoms with E-state index in [4.69, 9.17) is 4.74 Å². The van der Waals surface area contributed by atoms with Crippen molar-refractivity contribution in [2.75, 3.05) is 0 Å². The molecule has 1 nitrogen and oxygen atoms in total. The van der Waals surface area contributed by atoms with Crippen LogP contribution in [0.15, 0.2) is 35.0 Å². The zero-order valence-electron chi connectivity index (χ0n) is 9.46. The molecular formula is C13H17BrO. The first kappa shape index (κ1) is 12.3. The minimum absolute atomic E-state index is 0.652. The normalized spacial score (nSPS) is 11.9. The molecule has 0 atom stereocenters. The predicted molar refractivity (Wildman–Crippen MR) is 68.3 cm³/mol. The predicted octanol–water partition coefficient (Wildman–Crippen LogP) is 4.66. The Labute approximate surface area is 100 Å². The molecule has 0 saturated carbocycles. The summed E-state index contributed by atoms with van der Waals surface area (Å²) >= 11 is 3.41. The molecule has 0 unspecified atom stereocenters. The van der Waals surface area contributed by atoms with Crippen LogP contribution in [0.5, 0.6) is 5.75 Å². The first-order valence-electron chi connectivity index (χ1n) is 5.18. The maximum Gasteiger partial charge on any atom is 0.165 e. The average molecular weight is 269 g/mol. The van der Waals surface area contributed by atoms with Gasteiger partial charge >= 0.3 is 0 Å². The first-order chi connectivity index (χ1) is 7.08. The number of ether oxygens (including phenoxy) is 1. The second-order valence-electron chi connectivity index (χ2n) is 4.06. The van der Waals surface area contributed by atoms with E-state index in [0.29, 0.717) is 5.92 Å². The topological polar surface area (TPSA) is 9.23 Å². The lowest BCUT2D eigenvalue weighted by Crippen LogP contribution is -1.90. The third kappa shape index (κ3) is 5.03. The summed E-state index contributed by atoms with van der Waals surface area (Å²) in [5.41, 5.74) is 1.21. The van der Waals surface area contributed by atoms with Crippen molar-refractivity contribution < 1.29 is 4.74 Å². The Morgan fingerprint density at radius 1 is 1.47 bits per heavy atom. The van der Waals surface area contributed by atoms with Gasteiger partial charge < -0.3 is 4.74 Å². The van der Waals surface area contributed by atoms with Crippen molar-refractivity contribution >= 4 is 15.9 Å². The summed E-state index contributed by atoms with van der Waals surface area (Å²) in [4.78, 5) is 0. The van der Waals surface area contributed by atoms with Gasteiger partial charge in [-0.05, 0) is 59.0 Å². The van der Waals surface area contributed by atoms with Crippen LogP contribution in [-0.2, 0) is 0 Å². The number of halogens is 1. The van der Waals surface area contributed by atoms with Crippen LogP contribution in [0.1, 0.15) is 25.8 Å². The molecule has 0 radical (unpaired) electrons. The molecule has 1 rings (SSSR count). The molecule has 82 valence electrons. The summed E-state index contributed by atoms with van der Waals surface area (Å²) < 4.78 is 6.42. The summed E-state index contributed by atoms with van der Waals surface area (Å²) in [5.74, 6) is 1.53. The number of hydrogen-bond acceptors (Lipinski definition) is 1. The van der Waals surface area contributed by atoms with Crippen LogP contribution >= 0.6 is 15.9 Å². The average Bonchev–Trinajstić information content (AvgIpc) is 2.15. The molecular weight excluding hydrogens is 252 g/mol. The van der Waals surface area contributed by atoms with Crippen molar-refractivity contribution in [1.82, 2.24) is 0 Å². The van der Waals surface area contributed by atoms with Crippen LogP contribution in [0.3, 0.4) is 0 Å². The minimum atomic E-state index is 0.652. The smallest absolute Gasteiger partial charge is 0.165 e. The fourth-order valence-electron chi connectivity index (χ4n) is 1.16. The molecule has 0 N–H and O–H groups in total. The van der Waals surface area contributed by atoms with Crippen molar-refractivity contribution in [2.45, 2.75) is 27.2 Å². The van der Waals surface area contributed by atoms with Gasteiger partial charge in [0.1, 0.15) is 5.75 Å². The van der Waals surface area contributed by atoms with Gasteiger partial charge in [0, 0.05) is 0 Å². The number of allylic oxidation sites excluding steroid dienone is 1. The molecule has 0 aliphatic rings. The SMILES string of the molecule is Cc1cccc(O/C(Br)=C/CC(C)C)c1. The lowest BCUT2D eigenvalue weighted by molar-refractivity contribution is 0.463. The van der Waals surface area contributed by atoms with Gasteiger partial charge in [0.25, 0.3) is 0 Å². The molecule has 0 spiro atoms. The number of benzene rings is 1. The highest BCUT2D eigenvalue weighted by molar-refractivity contribution is 9.11. The van der Waals surface area contributed by atoms with Crippen LogP contribution < -0.4 is 4.74 Å². The van der Waals surface area contributed by atoms with Gasteiger partial charge in [0.2, 0.25) is 0 Å². The van der Waals surface area contributed by atoms with Crippen LogP contribution in [-0.4, -0.2) is 0 Å². The van der Waals surface area contributed by atoms with Gasteiger partial charge in [-0.25, -0.2) is 0 Å². The van der Waals surface area contributed by atoms with E-state index in [1.807, 2.05) is 18.2 Å². The molecule has 0 saturated heterocycles. The highest BCUT2D eigenvalue weighted by Crippen LogP contribution is 2.19. The fourth-order valence-corrected chi connectivity index (χ4v) is 1.54. The van der Waals surface area contributed by atoms with E-state index >= 15 is 0 Å². The standard InChI is InChI=1S/C13H17BrO/c1-10(2)7-8-13(14)15-12-6-4-5-11(3)9-12/h4-6,8-10H,7H2,1-3H3/b13-8+. The Balaban J connectivity index is 2.58. The molecule has 0 heterocycles. The molecule has 1 aromatic carbocycles. The van der Waals surface area contributed by atoms with E-state index in [0.717, 1.165) is 16.8 Å². The molecule has 1 aromatic rings. The number of aryl methyl sites for hydroxylation is 1. The summed E-state index contributed by atoms with van der Waals surface area (Å²) in [6, 6.07) is 8.02. The largest absolute Gasteiger partial charge is 0.450 e. The Bertz CT molecular complexity index is 342. The van der Waals surface area contributed by atoms with E-state index in [1.54, 1.807) is 0 Å². The third-order valence-electron chi connectivity index (χ3n) is 1.95. The van der Waals surface area contributed by atoms with E-state index < -0.39 is 0 Å². The molecule has 0 amide bonds. The van der Waals surface area contributed by atoms with E-state index in [2.05, 4.69) is 48.8 Å². The Morgan fingerprint density at radius 3 is 2.80 bits per heavy atom. The van der Waals surface area contributed by atoms with Crippen molar-refractivity contribution in [3.05, 3.63) is 40.6 Å². The molecule has 0 bridgehead atoms. The van der Waals surface area contributed by atoms with Crippen LogP contribution in [0, 0.1) is 12.8 Å². The van der Waals surface area contributed by atoms with Crippen molar-refractivity contribution in [2.24, 2.45) is 5.92 Å².